The van der Waals surface area contributed by atoms with Crippen LogP contribution < -0.4 is 5.32 Å². The van der Waals surface area contributed by atoms with E-state index < -0.39 is 0 Å². The van der Waals surface area contributed by atoms with Crippen molar-refractivity contribution in [3.05, 3.63) is 64.8 Å². The number of H-pyrrole nitrogens is 1. The van der Waals surface area contributed by atoms with Gasteiger partial charge in [-0.05, 0) is 36.2 Å². The normalized spacial score (nSPS) is 17.7. The fourth-order valence-electron chi connectivity index (χ4n) is 3.48. The van der Waals surface area contributed by atoms with Crippen LogP contribution in [0.25, 0.3) is 10.9 Å². The summed E-state index contributed by atoms with van der Waals surface area (Å²) < 4.78 is 0. The fraction of sp³-hybridized carbons (Fsp3) is 0.250. The van der Waals surface area contributed by atoms with E-state index >= 15 is 0 Å². The Kier molecular flexibility index (Phi) is 4.68. The van der Waals surface area contributed by atoms with Gasteiger partial charge in [-0.25, -0.2) is 0 Å². The van der Waals surface area contributed by atoms with Gasteiger partial charge in [0, 0.05) is 42.4 Å². The van der Waals surface area contributed by atoms with E-state index in [0.717, 1.165) is 41.7 Å². The molecule has 4 rings (SSSR count). The van der Waals surface area contributed by atoms with Crippen molar-refractivity contribution in [2.45, 2.75) is 19.1 Å². The third kappa shape index (κ3) is 3.46. The van der Waals surface area contributed by atoms with E-state index in [0.29, 0.717) is 17.1 Å². The van der Waals surface area contributed by atoms with Crippen molar-refractivity contribution >= 4 is 34.1 Å². The Bertz CT molecular complexity index is 953. The standard InChI is InChI=1S/C20H20ClN3O2/c21-17-5-2-6-18-19(17)16(10-22-18)20(26)23-14-4-1-3-13(9-14)11-24-8-7-15(25)12-24/h1-6,9-10,15,22,25H,7-8,11-12H2,(H,23,26). The molecule has 1 unspecified atom stereocenters. The number of aliphatic hydroxyl groups is 1. The lowest BCUT2D eigenvalue weighted by molar-refractivity contribution is 0.102. The van der Waals surface area contributed by atoms with Crippen molar-refractivity contribution in [1.29, 1.82) is 0 Å². The molecule has 3 aromatic rings. The van der Waals surface area contributed by atoms with Crippen molar-refractivity contribution in [3.8, 4) is 0 Å². The van der Waals surface area contributed by atoms with Crippen LogP contribution in [0.4, 0.5) is 5.69 Å². The Balaban J connectivity index is 1.51. The van der Waals surface area contributed by atoms with E-state index in [9.17, 15) is 9.90 Å². The number of carbonyl (C=O) groups is 1. The van der Waals surface area contributed by atoms with Crippen LogP contribution in [-0.2, 0) is 6.54 Å². The number of fused-ring (bicyclic) bond motifs is 1. The van der Waals surface area contributed by atoms with Gasteiger partial charge in [0.25, 0.3) is 5.91 Å². The largest absolute Gasteiger partial charge is 0.392 e. The average molecular weight is 370 g/mol. The number of rotatable bonds is 4. The lowest BCUT2D eigenvalue weighted by atomic mass is 10.1. The summed E-state index contributed by atoms with van der Waals surface area (Å²) in [7, 11) is 0. The SMILES string of the molecule is O=C(Nc1cccc(CN2CCC(O)C2)c1)c1c[nH]c2cccc(Cl)c12. The Labute approximate surface area is 156 Å². The first-order chi connectivity index (χ1) is 12.6. The molecule has 26 heavy (non-hydrogen) atoms. The number of hydrogen-bond donors (Lipinski definition) is 3. The number of anilines is 1. The average Bonchev–Trinajstić information content (AvgIpc) is 3.22. The molecule has 1 aliphatic heterocycles. The van der Waals surface area contributed by atoms with Gasteiger partial charge in [0.05, 0.1) is 16.7 Å². The Morgan fingerprint density at radius 2 is 2.15 bits per heavy atom. The van der Waals surface area contributed by atoms with Gasteiger partial charge in [-0.15, -0.1) is 0 Å². The summed E-state index contributed by atoms with van der Waals surface area (Å²) in [5.74, 6) is -0.196. The topological polar surface area (TPSA) is 68.4 Å². The minimum absolute atomic E-state index is 0.196. The molecule has 1 atom stereocenters. The number of β-amino-alcohol motifs (C(OH)–C–C–N with tert-alkyl or cyclic N) is 1. The quantitative estimate of drug-likeness (QED) is 0.657. The van der Waals surface area contributed by atoms with Crippen molar-refractivity contribution in [2.75, 3.05) is 18.4 Å². The Morgan fingerprint density at radius 3 is 2.96 bits per heavy atom. The number of nitrogens with one attached hydrogen (secondary N) is 2. The van der Waals surface area contributed by atoms with E-state index in [1.807, 2.05) is 36.4 Å². The molecule has 2 heterocycles. The van der Waals surface area contributed by atoms with Gasteiger partial charge in [-0.2, -0.15) is 0 Å². The molecule has 0 spiro atoms. The number of aromatic nitrogens is 1. The second kappa shape index (κ2) is 7.11. The number of aliphatic hydroxyl groups excluding tert-OH is 1. The molecule has 0 radical (unpaired) electrons. The third-order valence-corrected chi connectivity index (χ3v) is 5.05. The van der Waals surface area contributed by atoms with Crippen LogP contribution in [0.15, 0.2) is 48.7 Å². The molecule has 5 nitrogen and oxygen atoms in total. The van der Waals surface area contributed by atoms with Crippen molar-refractivity contribution in [3.63, 3.8) is 0 Å². The lowest BCUT2D eigenvalue weighted by Gasteiger charge is -2.15. The third-order valence-electron chi connectivity index (χ3n) is 4.74. The molecule has 1 aromatic heterocycles. The monoisotopic (exact) mass is 369 g/mol. The van der Waals surface area contributed by atoms with E-state index in [2.05, 4.69) is 15.2 Å². The van der Waals surface area contributed by atoms with Gasteiger partial charge in [0.15, 0.2) is 0 Å². The zero-order chi connectivity index (χ0) is 18.1. The number of benzene rings is 2. The first kappa shape index (κ1) is 17.1. The zero-order valence-corrected chi connectivity index (χ0v) is 15.0. The zero-order valence-electron chi connectivity index (χ0n) is 14.2. The molecule has 134 valence electrons. The summed E-state index contributed by atoms with van der Waals surface area (Å²) in [6, 6.07) is 13.3. The van der Waals surface area contributed by atoms with Gasteiger partial charge in [0.1, 0.15) is 0 Å². The minimum Gasteiger partial charge on any atom is -0.392 e. The first-order valence-electron chi connectivity index (χ1n) is 8.66. The molecular weight excluding hydrogens is 350 g/mol. The highest BCUT2D eigenvalue weighted by Crippen LogP contribution is 2.27. The molecule has 1 saturated heterocycles. The molecule has 2 aromatic carbocycles. The molecule has 6 heteroatoms. The molecule has 1 aliphatic rings. The van der Waals surface area contributed by atoms with E-state index in [4.69, 9.17) is 11.6 Å². The molecule has 3 N–H and O–H groups in total. The molecule has 0 saturated carbocycles. The van der Waals surface area contributed by atoms with Gasteiger partial charge in [0.2, 0.25) is 0 Å². The molecular formula is C20H20ClN3O2. The van der Waals surface area contributed by atoms with Crippen molar-refractivity contribution < 1.29 is 9.90 Å². The van der Waals surface area contributed by atoms with Crippen LogP contribution in [-0.4, -0.2) is 40.1 Å². The summed E-state index contributed by atoms with van der Waals surface area (Å²) >= 11 is 6.26. The number of likely N-dealkylation sites (tertiary alicyclic amines) is 1. The van der Waals surface area contributed by atoms with Crippen LogP contribution in [0, 0.1) is 0 Å². The maximum atomic E-state index is 12.7. The van der Waals surface area contributed by atoms with Crippen LogP contribution >= 0.6 is 11.6 Å². The fourth-order valence-corrected chi connectivity index (χ4v) is 3.76. The van der Waals surface area contributed by atoms with E-state index in [1.165, 1.54) is 0 Å². The summed E-state index contributed by atoms with van der Waals surface area (Å²) in [5.41, 5.74) is 3.21. The number of aromatic amines is 1. The van der Waals surface area contributed by atoms with Crippen molar-refractivity contribution in [1.82, 2.24) is 9.88 Å². The van der Waals surface area contributed by atoms with Gasteiger partial charge >= 0.3 is 0 Å². The lowest BCUT2D eigenvalue weighted by Crippen LogP contribution is -2.21. The summed E-state index contributed by atoms with van der Waals surface area (Å²) in [5, 5.41) is 13.9. The Morgan fingerprint density at radius 1 is 1.31 bits per heavy atom. The highest BCUT2D eigenvalue weighted by atomic mass is 35.5. The molecule has 1 fully saturated rings. The van der Waals surface area contributed by atoms with E-state index in [1.54, 1.807) is 12.3 Å². The minimum atomic E-state index is -0.232. The van der Waals surface area contributed by atoms with Gasteiger partial charge < -0.3 is 15.4 Å². The second-order valence-electron chi connectivity index (χ2n) is 6.70. The molecule has 1 amide bonds. The number of halogens is 1. The van der Waals surface area contributed by atoms with Crippen LogP contribution in [0.3, 0.4) is 0 Å². The maximum Gasteiger partial charge on any atom is 0.257 e. The predicted octanol–water partition coefficient (Wildman–Crippen LogP) is 3.64. The maximum absolute atomic E-state index is 12.7. The number of carbonyl (C=O) groups excluding carboxylic acids is 1. The number of nitrogens with zero attached hydrogens (tertiary/aromatic N) is 1. The summed E-state index contributed by atoms with van der Waals surface area (Å²) in [6.07, 6.45) is 2.27. The van der Waals surface area contributed by atoms with Gasteiger partial charge in [-0.1, -0.05) is 29.8 Å². The second-order valence-corrected chi connectivity index (χ2v) is 7.10. The van der Waals surface area contributed by atoms with Crippen molar-refractivity contribution in [2.24, 2.45) is 0 Å². The van der Waals surface area contributed by atoms with Crippen LogP contribution in [0.5, 0.6) is 0 Å². The highest BCUT2D eigenvalue weighted by molar-refractivity contribution is 6.37. The summed E-state index contributed by atoms with van der Waals surface area (Å²) in [4.78, 5) is 18.0. The first-order valence-corrected chi connectivity index (χ1v) is 9.04. The van der Waals surface area contributed by atoms with Crippen LogP contribution in [0.1, 0.15) is 22.3 Å². The predicted molar refractivity (Wildman–Crippen MR) is 104 cm³/mol. The smallest absolute Gasteiger partial charge is 0.257 e. The Hall–Kier alpha value is -2.34. The summed E-state index contributed by atoms with van der Waals surface area (Å²) in [6.45, 7) is 2.36. The molecule has 0 bridgehead atoms. The van der Waals surface area contributed by atoms with Gasteiger partial charge in [-0.3, -0.25) is 9.69 Å². The van der Waals surface area contributed by atoms with Crippen LogP contribution in [0.2, 0.25) is 5.02 Å². The number of hydrogen-bond acceptors (Lipinski definition) is 3. The highest BCUT2D eigenvalue weighted by Gasteiger charge is 2.20. The van der Waals surface area contributed by atoms with E-state index in [-0.39, 0.29) is 12.0 Å². The molecule has 0 aliphatic carbocycles. The number of amides is 1.